The van der Waals surface area contributed by atoms with Gasteiger partial charge in [-0.1, -0.05) is 32.4 Å². The highest BCUT2D eigenvalue weighted by Gasteiger charge is 2.19. The minimum Gasteiger partial charge on any atom is -0.306 e. The van der Waals surface area contributed by atoms with Gasteiger partial charge in [-0.15, -0.1) is 5.10 Å². The second kappa shape index (κ2) is 7.86. The Morgan fingerprint density at radius 2 is 1.82 bits per heavy atom. The molecule has 0 aromatic carbocycles. The normalized spacial score (nSPS) is 12.6. The molecule has 1 aromatic heterocycles. The van der Waals surface area contributed by atoms with E-state index in [-0.39, 0.29) is 11.0 Å². The smallest absolute Gasteiger partial charge is 0.138 e. The third-order valence-corrected chi connectivity index (χ3v) is 3.51. The fourth-order valence-corrected chi connectivity index (χ4v) is 2.00. The number of ketones is 1. The summed E-state index contributed by atoms with van der Waals surface area (Å²) in [7, 11) is 0. The van der Waals surface area contributed by atoms with Crippen molar-refractivity contribution in [2.75, 3.05) is 0 Å². The van der Waals surface area contributed by atoms with Gasteiger partial charge in [0.2, 0.25) is 0 Å². The van der Waals surface area contributed by atoms with Gasteiger partial charge in [-0.25, -0.2) is 0 Å². The van der Waals surface area contributed by atoms with Gasteiger partial charge in [0.15, 0.2) is 0 Å². The van der Waals surface area contributed by atoms with Crippen LogP contribution < -0.4 is 5.32 Å². The van der Waals surface area contributed by atoms with Crippen molar-refractivity contribution in [2.24, 2.45) is 5.41 Å². The van der Waals surface area contributed by atoms with Crippen LogP contribution in [-0.4, -0.2) is 26.3 Å². The standard InChI is InChI=1S/C17H32N4O/c1-16(2,3)15(22)10-8-7-9-11-21-13-14(19-20-21)12-18-17(4,5)6/h13,18H,7-12H2,1-6H3. The quantitative estimate of drug-likeness (QED) is 0.748. The molecule has 5 heteroatoms. The van der Waals surface area contributed by atoms with Crippen molar-refractivity contribution in [3.63, 3.8) is 0 Å². The molecule has 0 aliphatic rings. The fraction of sp³-hybridized carbons (Fsp3) is 0.824. The zero-order chi connectivity index (χ0) is 16.8. The Hall–Kier alpha value is -1.23. The summed E-state index contributed by atoms with van der Waals surface area (Å²) in [5, 5.41) is 11.7. The summed E-state index contributed by atoms with van der Waals surface area (Å²) in [6.45, 7) is 14.0. The Kier molecular flexibility index (Phi) is 6.72. The van der Waals surface area contributed by atoms with E-state index in [1.807, 2.05) is 31.6 Å². The lowest BCUT2D eigenvalue weighted by atomic mass is 9.88. The highest BCUT2D eigenvalue weighted by Crippen LogP contribution is 2.18. The van der Waals surface area contributed by atoms with Crippen LogP contribution >= 0.6 is 0 Å². The van der Waals surface area contributed by atoms with Crippen LogP contribution in [0.15, 0.2) is 6.20 Å². The van der Waals surface area contributed by atoms with Gasteiger partial charge in [-0.05, 0) is 33.6 Å². The van der Waals surface area contributed by atoms with Crippen molar-refractivity contribution in [3.05, 3.63) is 11.9 Å². The number of unbranched alkanes of at least 4 members (excludes halogenated alkanes) is 2. The van der Waals surface area contributed by atoms with Crippen molar-refractivity contribution < 1.29 is 4.79 Å². The first-order valence-electron chi connectivity index (χ1n) is 8.25. The Morgan fingerprint density at radius 1 is 1.14 bits per heavy atom. The molecule has 22 heavy (non-hydrogen) atoms. The molecule has 0 saturated carbocycles. The average Bonchev–Trinajstić information content (AvgIpc) is 2.82. The topological polar surface area (TPSA) is 59.8 Å². The van der Waals surface area contributed by atoms with Gasteiger partial charge < -0.3 is 5.32 Å². The van der Waals surface area contributed by atoms with Crippen molar-refractivity contribution in [3.8, 4) is 0 Å². The number of carbonyl (C=O) groups is 1. The van der Waals surface area contributed by atoms with E-state index in [4.69, 9.17) is 0 Å². The third-order valence-electron chi connectivity index (χ3n) is 3.51. The lowest BCUT2D eigenvalue weighted by molar-refractivity contribution is -0.126. The van der Waals surface area contributed by atoms with Gasteiger partial charge >= 0.3 is 0 Å². The predicted octanol–water partition coefficient (Wildman–Crippen LogP) is 3.34. The summed E-state index contributed by atoms with van der Waals surface area (Å²) in [4.78, 5) is 11.8. The number of Topliss-reactive ketones (excluding diaryl/α,β-unsaturated/α-hetero) is 1. The lowest BCUT2D eigenvalue weighted by Crippen LogP contribution is -2.35. The lowest BCUT2D eigenvalue weighted by Gasteiger charge is -2.19. The van der Waals surface area contributed by atoms with Gasteiger partial charge in [-0.2, -0.15) is 0 Å². The van der Waals surface area contributed by atoms with Crippen molar-refractivity contribution in [2.45, 2.75) is 85.9 Å². The molecule has 0 amide bonds. The van der Waals surface area contributed by atoms with E-state index in [0.717, 1.165) is 38.0 Å². The molecule has 1 rings (SSSR count). The van der Waals surface area contributed by atoms with Gasteiger partial charge in [0.25, 0.3) is 0 Å². The molecule has 0 bridgehead atoms. The van der Waals surface area contributed by atoms with Crippen LogP contribution in [0.1, 0.15) is 72.9 Å². The Bertz CT molecular complexity index is 466. The van der Waals surface area contributed by atoms with E-state index < -0.39 is 0 Å². The van der Waals surface area contributed by atoms with E-state index in [2.05, 4.69) is 36.4 Å². The van der Waals surface area contributed by atoms with Crippen LogP contribution in [0.2, 0.25) is 0 Å². The molecule has 1 N–H and O–H groups in total. The van der Waals surface area contributed by atoms with Crippen LogP contribution in [0.4, 0.5) is 0 Å². The highest BCUT2D eigenvalue weighted by molar-refractivity contribution is 5.83. The summed E-state index contributed by atoms with van der Waals surface area (Å²) in [5.74, 6) is 0.351. The highest BCUT2D eigenvalue weighted by atomic mass is 16.1. The van der Waals surface area contributed by atoms with Crippen molar-refractivity contribution in [1.82, 2.24) is 20.3 Å². The predicted molar refractivity (Wildman–Crippen MR) is 89.5 cm³/mol. The largest absolute Gasteiger partial charge is 0.306 e. The molecule has 0 saturated heterocycles. The number of rotatable bonds is 8. The minimum absolute atomic E-state index is 0.0867. The van der Waals surface area contributed by atoms with Gasteiger partial charge in [0.1, 0.15) is 5.78 Å². The van der Waals surface area contributed by atoms with Crippen LogP contribution in [0.3, 0.4) is 0 Å². The number of hydrogen-bond donors (Lipinski definition) is 1. The average molecular weight is 308 g/mol. The molecule has 0 atom stereocenters. The molecule has 0 spiro atoms. The summed E-state index contributed by atoms with van der Waals surface area (Å²) in [5.41, 5.74) is 0.849. The van der Waals surface area contributed by atoms with E-state index in [9.17, 15) is 4.79 Å². The summed E-state index contributed by atoms with van der Waals surface area (Å²) in [6.07, 6.45) is 5.73. The summed E-state index contributed by atoms with van der Waals surface area (Å²) in [6, 6.07) is 0. The number of carbonyl (C=O) groups excluding carboxylic acids is 1. The molecule has 0 fully saturated rings. The maximum absolute atomic E-state index is 11.8. The second-order valence-electron chi connectivity index (χ2n) is 8.06. The number of aryl methyl sites for hydroxylation is 1. The van der Waals surface area contributed by atoms with Gasteiger partial charge in [-0.3, -0.25) is 9.48 Å². The monoisotopic (exact) mass is 308 g/mol. The Balaban J connectivity index is 2.21. The van der Waals surface area contributed by atoms with E-state index in [1.165, 1.54) is 0 Å². The second-order valence-corrected chi connectivity index (χ2v) is 8.06. The molecular formula is C17H32N4O. The molecule has 126 valence electrons. The Morgan fingerprint density at radius 3 is 2.41 bits per heavy atom. The van der Waals surface area contributed by atoms with Crippen molar-refractivity contribution in [1.29, 1.82) is 0 Å². The van der Waals surface area contributed by atoms with Gasteiger partial charge in [0, 0.05) is 36.7 Å². The third kappa shape index (κ3) is 7.69. The van der Waals surface area contributed by atoms with Crippen molar-refractivity contribution >= 4 is 5.78 Å². The zero-order valence-corrected chi connectivity index (χ0v) is 15.1. The number of hydrogen-bond acceptors (Lipinski definition) is 4. The SMILES string of the molecule is CC(C)(C)NCc1cn(CCCCCC(=O)C(C)(C)C)nn1. The molecule has 0 aliphatic carbocycles. The van der Waals surface area contributed by atoms with E-state index >= 15 is 0 Å². The van der Waals surface area contributed by atoms with Crippen LogP contribution in [-0.2, 0) is 17.9 Å². The summed E-state index contributed by atoms with van der Waals surface area (Å²) < 4.78 is 1.89. The molecular weight excluding hydrogens is 276 g/mol. The molecule has 0 radical (unpaired) electrons. The maximum Gasteiger partial charge on any atom is 0.138 e. The molecule has 0 aliphatic heterocycles. The number of nitrogens with one attached hydrogen (secondary N) is 1. The first-order valence-corrected chi connectivity index (χ1v) is 8.25. The van der Waals surface area contributed by atoms with Gasteiger partial charge in [0.05, 0.1) is 5.69 Å². The Labute approximate surface area is 134 Å². The van der Waals surface area contributed by atoms with E-state index in [1.54, 1.807) is 0 Å². The molecule has 5 nitrogen and oxygen atoms in total. The zero-order valence-electron chi connectivity index (χ0n) is 15.1. The molecule has 1 aromatic rings. The number of aromatic nitrogens is 3. The van der Waals surface area contributed by atoms with E-state index in [0.29, 0.717) is 12.2 Å². The first-order chi connectivity index (χ1) is 10.1. The summed E-state index contributed by atoms with van der Waals surface area (Å²) >= 11 is 0. The maximum atomic E-state index is 11.8. The fourth-order valence-electron chi connectivity index (χ4n) is 2.00. The van der Waals surface area contributed by atoms with Crippen LogP contribution in [0, 0.1) is 5.41 Å². The molecule has 1 heterocycles. The van der Waals surface area contributed by atoms with Crippen LogP contribution in [0.5, 0.6) is 0 Å². The minimum atomic E-state index is -0.207. The number of nitrogens with zero attached hydrogens (tertiary/aromatic N) is 3. The first kappa shape index (κ1) is 18.8. The van der Waals surface area contributed by atoms with Crippen LogP contribution in [0.25, 0.3) is 0 Å². The molecule has 0 unspecified atom stereocenters.